The molecule has 0 radical (unpaired) electrons. The highest BCUT2D eigenvalue weighted by Gasteiger charge is 2.23. The number of rotatable bonds is 6. The number of benzene rings is 1. The highest BCUT2D eigenvalue weighted by atomic mass is 16.6. The van der Waals surface area contributed by atoms with Crippen LogP contribution in [-0.2, 0) is 6.54 Å². The summed E-state index contributed by atoms with van der Waals surface area (Å²) in [5.74, 6) is 0.317. The number of aliphatic hydroxyl groups is 1. The summed E-state index contributed by atoms with van der Waals surface area (Å²) in [6, 6.07) is 5.19. The number of aliphatic hydroxyl groups excluding tert-OH is 1. The fourth-order valence-corrected chi connectivity index (χ4v) is 2.79. The molecule has 0 spiro atoms. The van der Waals surface area contributed by atoms with E-state index in [1.165, 1.54) is 6.07 Å². The van der Waals surface area contributed by atoms with E-state index in [2.05, 4.69) is 4.90 Å². The first-order chi connectivity index (χ1) is 10.2. The van der Waals surface area contributed by atoms with Crippen molar-refractivity contribution in [2.75, 3.05) is 19.8 Å². The van der Waals surface area contributed by atoms with Gasteiger partial charge in [-0.1, -0.05) is 12.5 Å². The van der Waals surface area contributed by atoms with Crippen LogP contribution in [0.2, 0.25) is 0 Å². The number of nitrogens with zero attached hydrogens (tertiary/aromatic N) is 2. The zero-order valence-corrected chi connectivity index (χ0v) is 12.3. The van der Waals surface area contributed by atoms with Crippen LogP contribution < -0.4 is 4.74 Å². The molecule has 6 nitrogen and oxygen atoms in total. The molecule has 1 aliphatic rings. The third kappa shape index (κ3) is 3.92. The molecule has 0 amide bonds. The standard InChI is InChI=1S/C15H22N2O4/c1-2-21-15-9-12(6-7-14(15)17(19)20)10-16-8-4-3-5-13(16)11-18/h6-7,9,13,18H,2-5,8,10-11H2,1H3. The van der Waals surface area contributed by atoms with Crippen molar-refractivity contribution < 1.29 is 14.8 Å². The van der Waals surface area contributed by atoms with Gasteiger partial charge in [0, 0.05) is 18.7 Å². The van der Waals surface area contributed by atoms with E-state index in [0.29, 0.717) is 18.9 Å². The van der Waals surface area contributed by atoms with Crippen LogP contribution in [-0.4, -0.2) is 40.7 Å². The average Bonchev–Trinajstić information content (AvgIpc) is 2.48. The van der Waals surface area contributed by atoms with E-state index in [4.69, 9.17) is 4.74 Å². The Morgan fingerprint density at radius 3 is 2.95 bits per heavy atom. The van der Waals surface area contributed by atoms with Gasteiger partial charge in [-0.05, 0) is 37.9 Å². The quantitative estimate of drug-likeness (QED) is 0.644. The van der Waals surface area contributed by atoms with E-state index in [1.54, 1.807) is 12.1 Å². The molecule has 0 bridgehead atoms. The fourth-order valence-electron chi connectivity index (χ4n) is 2.79. The molecule has 1 unspecified atom stereocenters. The van der Waals surface area contributed by atoms with E-state index in [9.17, 15) is 15.2 Å². The van der Waals surface area contributed by atoms with Crippen LogP contribution in [0.15, 0.2) is 18.2 Å². The van der Waals surface area contributed by atoms with E-state index in [1.807, 2.05) is 6.92 Å². The van der Waals surface area contributed by atoms with Crippen LogP contribution in [0.3, 0.4) is 0 Å². The number of likely N-dealkylation sites (tertiary alicyclic amines) is 1. The molecule has 0 aliphatic carbocycles. The van der Waals surface area contributed by atoms with Crippen molar-refractivity contribution in [2.24, 2.45) is 0 Å². The van der Waals surface area contributed by atoms with E-state index < -0.39 is 4.92 Å². The minimum atomic E-state index is -0.424. The van der Waals surface area contributed by atoms with Gasteiger partial charge in [0.2, 0.25) is 0 Å². The monoisotopic (exact) mass is 294 g/mol. The predicted octanol–water partition coefficient (Wildman–Crippen LogP) is 2.34. The number of nitro groups is 1. The Labute approximate surface area is 124 Å². The topological polar surface area (TPSA) is 75.8 Å². The van der Waals surface area contributed by atoms with Gasteiger partial charge in [0.1, 0.15) is 0 Å². The van der Waals surface area contributed by atoms with Crippen molar-refractivity contribution >= 4 is 5.69 Å². The molecule has 1 N–H and O–H groups in total. The number of nitro benzene ring substituents is 1. The van der Waals surface area contributed by atoms with E-state index in [-0.39, 0.29) is 18.3 Å². The average molecular weight is 294 g/mol. The molecular weight excluding hydrogens is 272 g/mol. The minimum absolute atomic E-state index is 0.00190. The molecular formula is C15H22N2O4. The minimum Gasteiger partial charge on any atom is -0.487 e. The summed E-state index contributed by atoms with van der Waals surface area (Å²) in [5.41, 5.74) is 0.974. The van der Waals surface area contributed by atoms with Crippen molar-refractivity contribution in [1.82, 2.24) is 4.90 Å². The maximum Gasteiger partial charge on any atom is 0.310 e. The molecule has 21 heavy (non-hydrogen) atoms. The zero-order valence-electron chi connectivity index (χ0n) is 12.3. The van der Waals surface area contributed by atoms with Crippen molar-refractivity contribution in [3.05, 3.63) is 33.9 Å². The van der Waals surface area contributed by atoms with Gasteiger partial charge >= 0.3 is 5.69 Å². The summed E-state index contributed by atoms with van der Waals surface area (Å²) in [6.45, 7) is 4.00. The summed E-state index contributed by atoms with van der Waals surface area (Å²) in [4.78, 5) is 12.8. The van der Waals surface area contributed by atoms with Gasteiger partial charge in [-0.3, -0.25) is 15.0 Å². The third-order valence-corrected chi connectivity index (χ3v) is 3.87. The van der Waals surface area contributed by atoms with Crippen LogP contribution in [0.4, 0.5) is 5.69 Å². The normalized spacial score (nSPS) is 19.4. The molecule has 1 saturated heterocycles. The molecule has 0 aromatic heterocycles. The Kier molecular flexibility index (Phi) is 5.52. The molecule has 1 aliphatic heterocycles. The van der Waals surface area contributed by atoms with Gasteiger partial charge in [0.05, 0.1) is 18.1 Å². The van der Waals surface area contributed by atoms with Gasteiger partial charge in [-0.15, -0.1) is 0 Å². The van der Waals surface area contributed by atoms with Gasteiger partial charge in [-0.2, -0.15) is 0 Å². The number of ether oxygens (including phenoxy) is 1. The smallest absolute Gasteiger partial charge is 0.310 e. The Hall–Kier alpha value is -1.66. The molecule has 6 heteroatoms. The lowest BCUT2D eigenvalue weighted by Crippen LogP contribution is -2.41. The van der Waals surface area contributed by atoms with Crippen molar-refractivity contribution in [1.29, 1.82) is 0 Å². The highest BCUT2D eigenvalue weighted by Crippen LogP contribution is 2.29. The highest BCUT2D eigenvalue weighted by molar-refractivity contribution is 5.48. The van der Waals surface area contributed by atoms with Crippen LogP contribution in [0.25, 0.3) is 0 Å². The molecule has 0 saturated carbocycles. The first kappa shape index (κ1) is 15.7. The number of piperidine rings is 1. The summed E-state index contributed by atoms with van der Waals surface area (Å²) in [5, 5.41) is 20.4. The first-order valence-electron chi connectivity index (χ1n) is 7.40. The Morgan fingerprint density at radius 1 is 1.48 bits per heavy atom. The lowest BCUT2D eigenvalue weighted by molar-refractivity contribution is -0.385. The van der Waals surface area contributed by atoms with E-state index >= 15 is 0 Å². The summed E-state index contributed by atoms with van der Waals surface area (Å²) < 4.78 is 5.37. The number of hydrogen-bond donors (Lipinski definition) is 1. The van der Waals surface area contributed by atoms with Crippen molar-refractivity contribution in [3.8, 4) is 5.75 Å². The Balaban J connectivity index is 2.16. The predicted molar refractivity (Wildman–Crippen MR) is 79.4 cm³/mol. The third-order valence-electron chi connectivity index (χ3n) is 3.87. The maximum atomic E-state index is 11.0. The van der Waals surface area contributed by atoms with Crippen LogP contribution in [0.1, 0.15) is 31.7 Å². The largest absolute Gasteiger partial charge is 0.487 e. The summed E-state index contributed by atoms with van der Waals surface area (Å²) in [7, 11) is 0. The lowest BCUT2D eigenvalue weighted by atomic mass is 10.0. The SMILES string of the molecule is CCOc1cc(CN2CCCCC2CO)ccc1[N+](=O)[O-]. The Morgan fingerprint density at radius 2 is 2.29 bits per heavy atom. The molecule has 1 aromatic rings. The zero-order chi connectivity index (χ0) is 15.2. The van der Waals surface area contributed by atoms with Gasteiger partial charge in [-0.25, -0.2) is 0 Å². The molecule has 2 rings (SSSR count). The number of hydrogen-bond acceptors (Lipinski definition) is 5. The first-order valence-corrected chi connectivity index (χ1v) is 7.40. The molecule has 1 atom stereocenters. The summed E-state index contributed by atoms with van der Waals surface area (Å²) in [6.07, 6.45) is 3.27. The second-order valence-corrected chi connectivity index (χ2v) is 5.29. The molecule has 1 aromatic carbocycles. The van der Waals surface area contributed by atoms with Gasteiger partial charge in [0.15, 0.2) is 5.75 Å². The second kappa shape index (κ2) is 7.38. The van der Waals surface area contributed by atoms with Gasteiger partial charge < -0.3 is 9.84 Å². The second-order valence-electron chi connectivity index (χ2n) is 5.29. The lowest BCUT2D eigenvalue weighted by Gasteiger charge is -2.34. The van der Waals surface area contributed by atoms with Crippen molar-refractivity contribution in [3.63, 3.8) is 0 Å². The maximum absolute atomic E-state index is 11.0. The van der Waals surface area contributed by atoms with Gasteiger partial charge in [0.25, 0.3) is 0 Å². The molecule has 116 valence electrons. The van der Waals surface area contributed by atoms with Crippen LogP contribution in [0, 0.1) is 10.1 Å². The van der Waals surface area contributed by atoms with Crippen molar-refractivity contribution in [2.45, 2.75) is 38.8 Å². The van der Waals surface area contributed by atoms with Crippen LogP contribution in [0.5, 0.6) is 5.75 Å². The molecule has 1 heterocycles. The Bertz CT molecular complexity index is 493. The van der Waals surface area contributed by atoms with Crippen LogP contribution >= 0.6 is 0 Å². The molecule has 1 fully saturated rings. The van der Waals surface area contributed by atoms with E-state index in [0.717, 1.165) is 31.4 Å². The summed E-state index contributed by atoms with van der Waals surface area (Å²) >= 11 is 0. The fraction of sp³-hybridized carbons (Fsp3) is 0.600.